The van der Waals surface area contributed by atoms with Gasteiger partial charge in [-0.1, -0.05) is 32.9 Å². The Balaban J connectivity index is 2.17. The van der Waals surface area contributed by atoms with Gasteiger partial charge >= 0.3 is 0 Å². The molecule has 0 N–H and O–H groups in total. The van der Waals surface area contributed by atoms with E-state index in [0.29, 0.717) is 6.04 Å². The summed E-state index contributed by atoms with van der Waals surface area (Å²) in [7, 11) is 2.21. The van der Waals surface area contributed by atoms with Crippen molar-refractivity contribution in [3.8, 4) is 0 Å². The molecule has 2 heteroatoms. The average Bonchev–Trinajstić information content (AvgIpc) is 2.38. The third kappa shape index (κ3) is 3.05. The Bertz CT molecular complexity index is 388. The van der Waals surface area contributed by atoms with Crippen LogP contribution in [0, 0.1) is 0 Å². The first-order chi connectivity index (χ1) is 8.48. The van der Waals surface area contributed by atoms with E-state index in [1.165, 1.54) is 11.3 Å². The van der Waals surface area contributed by atoms with Gasteiger partial charge in [0.15, 0.2) is 0 Å². The van der Waals surface area contributed by atoms with Gasteiger partial charge in [-0.2, -0.15) is 0 Å². The van der Waals surface area contributed by atoms with Crippen LogP contribution in [0.1, 0.15) is 39.2 Å². The maximum absolute atomic E-state index is 5.44. The highest BCUT2D eigenvalue weighted by atomic mass is 16.5. The highest BCUT2D eigenvalue weighted by Crippen LogP contribution is 2.28. The van der Waals surface area contributed by atoms with Crippen molar-refractivity contribution in [2.45, 2.75) is 45.1 Å². The van der Waals surface area contributed by atoms with E-state index in [1.54, 1.807) is 0 Å². The first-order valence-corrected chi connectivity index (χ1v) is 6.89. The summed E-state index contributed by atoms with van der Waals surface area (Å²) < 4.78 is 5.44. The molecule has 0 atom stereocenters. The van der Waals surface area contributed by atoms with Crippen molar-refractivity contribution in [3.63, 3.8) is 0 Å². The number of hydrogen-bond donors (Lipinski definition) is 0. The van der Waals surface area contributed by atoms with Crippen LogP contribution >= 0.6 is 0 Å². The number of ether oxygens (including phenoxy) is 1. The molecule has 1 aliphatic rings. The molecule has 18 heavy (non-hydrogen) atoms. The van der Waals surface area contributed by atoms with E-state index in [2.05, 4.69) is 57.0 Å². The van der Waals surface area contributed by atoms with E-state index in [1.807, 2.05) is 0 Å². The minimum atomic E-state index is 0.215. The second-order valence-corrected chi connectivity index (χ2v) is 6.25. The average molecular weight is 247 g/mol. The Labute approximate surface area is 111 Å². The first-order valence-electron chi connectivity index (χ1n) is 6.89. The normalized spacial score (nSPS) is 17.8. The van der Waals surface area contributed by atoms with Crippen LogP contribution in [0.25, 0.3) is 0 Å². The zero-order valence-electron chi connectivity index (χ0n) is 12.1. The van der Waals surface area contributed by atoms with Crippen molar-refractivity contribution in [1.29, 1.82) is 0 Å². The molecule has 0 aromatic heterocycles. The van der Waals surface area contributed by atoms with E-state index in [9.17, 15) is 0 Å². The van der Waals surface area contributed by atoms with Gasteiger partial charge in [0.2, 0.25) is 0 Å². The maximum Gasteiger partial charge on any atom is 0.0485 e. The minimum absolute atomic E-state index is 0.215. The second-order valence-electron chi connectivity index (χ2n) is 6.25. The van der Waals surface area contributed by atoms with Gasteiger partial charge in [-0.3, -0.25) is 0 Å². The summed E-state index contributed by atoms with van der Waals surface area (Å²) in [4.78, 5) is 2.41. The third-order valence-electron chi connectivity index (χ3n) is 3.86. The van der Waals surface area contributed by atoms with Gasteiger partial charge in [0, 0.05) is 32.0 Å². The van der Waals surface area contributed by atoms with Crippen molar-refractivity contribution in [3.05, 3.63) is 29.8 Å². The fourth-order valence-corrected chi connectivity index (χ4v) is 2.48. The van der Waals surface area contributed by atoms with Crippen molar-refractivity contribution in [2.75, 3.05) is 25.2 Å². The predicted octanol–water partition coefficient (Wildman–Crippen LogP) is 3.60. The fourth-order valence-electron chi connectivity index (χ4n) is 2.48. The number of benzene rings is 1. The summed E-state index contributed by atoms with van der Waals surface area (Å²) in [6.07, 6.45) is 2.27. The van der Waals surface area contributed by atoms with Crippen molar-refractivity contribution in [1.82, 2.24) is 0 Å². The third-order valence-corrected chi connectivity index (χ3v) is 3.86. The first kappa shape index (κ1) is 13.4. The van der Waals surface area contributed by atoms with Gasteiger partial charge in [-0.25, -0.2) is 0 Å². The highest BCUT2D eigenvalue weighted by Gasteiger charge is 2.20. The van der Waals surface area contributed by atoms with Gasteiger partial charge < -0.3 is 9.64 Å². The molecule has 0 unspecified atom stereocenters. The highest BCUT2D eigenvalue weighted by molar-refractivity contribution is 5.50. The lowest BCUT2D eigenvalue weighted by molar-refractivity contribution is 0.0855. The van der Waals surface area contributed by atoms with Crippen LogP contribution in [0.2, 0.25) is 0 Å². The largest absolute Gasteiger partial charge is 0.381 e. The SMILES string of the molecule is CN(c1cccc(C(C)(C)C)c1)C1CCOCC1. The Hall–Kier alpha value is -1.02. The molecule has 0 saturated carbocycles. The number of nitrogens with zero attached hydrogens (tertiary/aromatic N) is 1. The standard InChI is InChI=1S/C16H25NO/c1-16(2,3)13-6-5-7-15(12-13)17(4)14-8-10-18-11-9-14/h5-7,12,14H,8-11H2,1-4H3. The molecular formula is C16H25NO. The zero-order valence-corrected chi connectivity index (χ0v) is 12.1. The predicted molar refractivity (Wildman–Crippen MR) is 77.4 cm³/mol. The summed E-state index contributed by atoms with van der Waals surface area (Å²) in [5, 5.41) is 0. The Morgan fingerprint density at radius 2 is 1.83 bits per heavy atom. The molecule has 2 nitrogen and oxygen atoms in total. The second kappa shape index (κ2) is 5.31. The molecule has 1 saturated heterocycles. The van der Waals surface area contributed by atoms with E-state index in [0.717, 1.165) is 26.1 Å². The summed E-state index contributed by atoms with van der Waals surface area (Å²) in [5.74, 6) is 0. The molecular weight excluding hydrogens is 222 g/mol. The molecule has 1 heterocycles. The van der Waals surface area contributed by atoms with Crippen molar-refractivity contribution >= 4 is 5.69 Å². The van der Waals surface area contributed by atoms with Crippen LogP contribution in [0.15, 0.2) is 24.3 Å². The molecule has 0 radical (unpaired) electrons. The Morgan fingerprint density at radius 3 is 2.44 bits per heavy atom. The lowest BCUT2D eigenvalue weighted by atomic mass is 9.87. The zero-order chi connectivity index (χ0) is 13.2. The summed E-state index contributed by atoms with van der Waals surface area (Å²) in [6.45, 7) is 8.59. The van der Waals surface area contributed by atoms with E-state index in [-0.39, 0.29) is 5.41 Å². The number of rotatable bonds is 2. The summed E-state index contributed by atoms with van der Waals surface area (Å²) in [5.41, 5.74) is 2.94. The van der Waals surface area contributed by atoms with Crippen LogP contribution in [0.5, 0.6) is 0 Å². The van der Waals surface area contributed by atoms with Gasteiger partial charge in [-0.15, -0.1) is 0 Å². The molecule has 100 valence electrons. The summed E-state index contributed by atoms with van der Waals surface area (Å²) >= 11 is 0. The molecule has 1 aromatic carbocycles. The molecule has 1 fully saturated rings. The molecule has 0 aliphatic carbocycles. The topological polar surface area (TPSA) is 12.5 Å². The van der Waals surface area contributed by atoms with Crippen molar-refractivity contribution < 1.29 is 4.74 Å². The van der Waals surface area contributed by atoms with E-state index >= 15 is 0 Å². The van der Waals surface area contributed by atoms with E-state index < -0.39 is 0 Å². The molecule has 1 aliphatic heterocycles. The van der Waals surface area contributed by atoms with Crippen LogP contribution in [0.3, 0.4) is 0 Å². The van der Waals surface area contributed by atoms with Gasteiger partial charge in [-0.05, 0) is 36.0 Å². The quantitative estimate of drug-likeness (QED) is 0.791. The molecule has 0 spiro atoms. The Morgan fingerprint density at radius 1 is 1.17 bits per heavy atom. The van der Waals surface area contributed by atoms with E-state index in [4.69, 9.17) is 4.74 Å². The molecule has 1 aromatic rings. The number of hydrogen-bond acceptors (Lipinski definition) is 2. The lowest BCUT2D eigenvalue weighted by Gasteiger charge is -2.33. The van der Waals surface area contributed by atoms with Crippen LogP contribution in [-0.2, 0) is 10.2 Å². The maximum atomic E-state index is 5.44. The van der Waals surface area contributed by atoms with Gasteiger partial charge in [0.25, 0.3) is 0 Å². The fraction of sp³-hybridized carbons (Fsp3) is 0.625. The van der Waals surface area contributed by atoms with Crippen LogP contribution in [0.4, 0.5) is 5.69 Å². The lowest BCUT2D eigenvalue weighted by Crippen LogP contribution is -2.36. The molecule has 0 bridgehead atoms. The van der Waals surface area contributed by atoms with Crippen LogP contribution in [-0.4, -0.2) is 26.3 Å². The Kier molecular flexibility index (Phi) is 3.96. The summed E-state index contributed by atoms with van der Waals surface area (Å²) in [6, 6.07) is 9.56. The molecule has 0 amide bonds. The monoisotopic (exact) mass is 247 g/mol. The molecule has 2 rings (SSSR count). The van der Waals surface area contributed by atoms with Crippen LogP contribution < -0.4 is 4.90 Å². The van der Waals surface area contributed by atoms with Crippen molar-refractivity contribution in [2.24, 2.45) is 0 Å². The van der Waals surface area contributed by atoms with Gasteiger partial charge in [0.1, 0.15) is 0 Å². The minimum Gasteiger partial charge on any atom is -0.381 e. The smallest absolute Gasteiger partial charge is 0.0485 e. The van der Waals surface area contributed by atoms with Gasteiger partial charge in [0.05, 0.1) is 0 Å². The number of anilines is 1.